The molecule has 5 N–H and O–H groups in total. The van der Waals surface area contributed by atoms with Gasteiger partial charge in [-0.1, -0.05) is 13.8 Å². The minimum atomic E-state index is -1.11. The molecule has 0 saturated carbocycles. The summed E-state index contributed by atoms with van der Waals surface area (Å²) in [5.41, 5.74) is 0. The Bertz CT molecular complexity index is 537. The summed E-state index contributed by atoms with van der Waals surface area (Å²) in [6.45, 7) is 4.05. The summed E-state index contributed by atoms with van der Waals surface area (Å²) in [4.78, 5) is 47.8. The number of carboxylic acid groups (broad SMARTS) is 1. The second-order valence-corrected chi connectivity index (χ2v) is 7.82. The molecule has 0 aliphatic carbocycles. The van der Waals surface area contributed by atoms with Crippen LogP contribution in [0.25, 0.3) is 0 Å². The van der Waals surface area contributed by atoms with Crippen LogP contribution in [0.15, 0.2) is 0 Å². The van der Waals surface area contributed by atoms with E-state index in [9.17, 15) is 24.3 Å². The van der Waals surface area contributed by atoms with E-state index in [1.54, 1.807) is 13.8 Å². The van der Waals surface area contributed by atoms with Gasteiger partial charge >= 0.3 is 5.97 Å². The molecule has 0 aromatic rings. The molecule has 0 bridgehead atoms. The normalized spacial score (nSPS) is 18.6. The van der Waals surface area contributed by atoms with Gasteiger partial charge in [0.1, 0.15) is 12.1 Å². The Morgan fingerprint density at radius 3 is 2.44 bits per heavy atom. The SMILES string of the molecule is CSCCC(NC(=O)C(NC(=O)CNC(=O)C1CCCN1)C(C)C)C(=O)O. The maximum absolute atomic E-state index is 12.5. The highest BCUT2D eigenvalue weighted by Crippen LogP contribution is 2.06. The van der Waals surface area contributed by atoms with Gasteiger partial charge in [-0.05, 0) is 43.7 Å². The average molecular weight is 403 g/mol. The third kappa shape index (κ3) is 8.17. The Morgan fingerprint density at radius 2 is 1.93 bits per heavy atom. The standard InChI is InChI=1S/C17H30N4O5S/c1-10(2)14(16(24)20-12(17(25)26)6-8-27-3)21-13(22)9-19-15(23)11-5-4-7-18-11/h10-12,14,18H,4-9H2,1-3H3,(H,19,23)(H,20,24)(H,21,22)(H,25,26). The molecule has 1 heterocycles. The summed E-state index contributed by atoms with van der Waals surface area (Å²) in [7, 11) is 0. The number of amides is 3. The number of carbonyl (C=O) groups is 4. The van der Waals surface area contributed by atoms with Gasteiger partial charge in [0.15, 0.2) is 0 Å². The number of nitrogens with one attached hydrogen (secondary N) is 4. The maximum atomic E-state index is 12.5. The Morgan fingerprint density at radius 1 is 1.22 bits per heavy atom. The molecule has 1 fully saturated rings. The van der Waals surface area contributed by atoms with Gasteiger partial charge < -0.3 is 26.4 Å². The molecule has 1 rings (SSSR count). The molecular formula is C17H30N4O5S. The lowest BCUT2D eigenvalue weighted by atomic mass is 10.0. The lowest BCUT2D eigenvalue weighted by molar-refractivity contribution is -0.142. The van der Waals surface area contributed by atoms with Gasteiger partial charge in [0.2, 0.25) is 17.7 Å². The van der Waals surface area contributed by atoms with E-state index >= 15 is 0 Å². The Kier molecular flexibility index (Phi) is 10.2. The van der Waals surface area contributed by atoms with Gasteiger partial charge in [0.25, 0.3) is 0 Å². The van der Waals surface area contributed by atoms with Crippen molar-refractivity contribution in [1.82, 2.24) is 21.3 Å². The fraction of sp³-hybridized carbons (Fsp3) is 0.765. The average Bonchev–Trinajstić information content (AvgIpc) is 3.15. The maximum Gasteiger partial charge on any atom is 0.326 e. The molecule has 0 spiro atoms. The largest absolute Gasteiger partial charge is 0.480 e. The summed E-state index contributed by atoms with van der Waals surface area (Å²) in [6.07, 6.45) is 3.80. The summed E-state index contributed by atoms with van der Waals surface area (Å²) in [6, 6.07) is -2.17. The van der Waals surface area contributed by atoms with Crippen molar-refractivity contribution in [2.75, 3.05) is 25.1 Å². The van der Waals surface area contributed by atoms with Crippen molar-refractivity contribution in [3.63, 3.8) is 0 Å². The smallest absolute Gasteiger partial charge is 0.326 e. The van der Waals surface area contributed by atoms with Crippen LogP contribution in [0.2, 0.25) is 0 Å². The van der Waals surface area contributed by atoms with E-state index < -0.39 is 29.9 Å². The van der Waals surface area contributed by atoms with Crippen LogP contribution >= 0.6 is 11.8 Å². The van der Waals surface area contributed by atoms with Crippen molar-refractivity contribution >= 4 is 35.5 Å². The quantitative estimate of drug-likeness (QED) is 0.309. The zero-order chi connectivity index (χ0) is 20.4. The number of carbonyl (C=O) groups excluding carboxylic acids is 3. The number of hydrogen-bond acceptors (Lipinski definition) is 6. The molecule has 154 valence electrons. The lowest BCUT2D eigenvalue weighted by Gasteiger charge is -2.24. The fourth-order valence-electron chi connectivity index (χ4n) is 2.71. The first-order valence-corrected chi connectivity index (χ1v) is 10.5. The van der Waals surface area contributed by atoms with Gasteiger partial charge in [0, 0.05) is 0 Å². The lowest BCUT2D eigenvalue weighted by Crippen LogP contribution is -2.55. The van der Waals surface area contributed by atoms with Gasteiger partial charge in [-0.2, -0.15) is 11.8 Å². The third-order valence-electron chi connectivity index (χ3n) is 4.29. The predicted octanol–water partition coefficient (Wildman–Crippen LogP) is -0.682. The van der Waals surface area contributed by atoms with Crippen LogP contribution in [0.3, 0.4) is 0 Å². The molecular weight excluding hydrogens is 372 g/mol. The number of carboxylic acids is 1. The molecule has 0 radical (unpaired) electrons. The molecule has 1 aliphatic heterocycles. The topological polar surface area (TPSA) is 137 Å². The van der Waals surface area contributed by atoms with Crippen molar-refractivity contribution in [2.45, 2.75) is 51.2 Å². The van der Waals surface area contributed by atoms with Crippen molar-refractivity contribution in [2.24, 2.45) is 5.92 Å². The molecule has 0 aromatic carbocycles. The highest BCUT2D eigenvalue weighted by atomic mass is 32.2. The number of aliphatic carboxylic acids is 1. The van der Waals surface area contributed by atoms with Crippen LogP contribution in [0.1, 0.15) is 33.1 Å². The highest BCUT2D eigenvalue weighted by Gasteiger charge is 2.29. The predicted molar refractivity (Wildman–Crippen MR) is 103 cm³/mol. The number of hydrogen-bond donors (Lipinski definition) is 5. The second kappa shape index (κ2) is 11.8. The second-order valence-electron chi connectivity index (χ2n) is 6.84. The molecule has 1 saturated heterocycles. The highest BCUT2D eigenvalue weighted by molar-refractivity contribution is 7.98. The first-order chi connectivity index (χ1) is 12.8. The van der Waals surface area contributed by atoms with Crippen molar-refractivity contribution in [3.8, 4) is 0 Å². The van der Waals surface area contributed by atoms with Gasteiger partial charge in [0.05, 0.1) is 12.6 Å². The molecule has 3 atom stereocenters. The van der Waals surface area contributed by atoms with Crippen LogP contribution in [0, 0.1) is 5.92 Å². The molecule has 1 aliphatic rings. The van der Waals surface area contributed by atoms with E-state index in [2.05, 4.69) is 21.3 Å². The number of thioether (sulfide) groups is 1. The first kappa shape index (κ1) is 23.2. The van der Waals surface area contributed by atoms with E-state index in [-0.39, 0.29) is 24.4 Å². The Hall–Kier alpha value is -1.81. The molecule has 3 unspecified atom stereocenters. The van der Waals surface area contributed by atoms with Crippen molar-refractivity contribution < 1.29 is 24.3 Å². The summed E-state index contributed by atoms with van der Waals surface area (Å²) < 4.78 is 0. The minimum Gasteiger partial charge on any atom is -0.480 e. The van der Waals surface area contributed by atoms with Crippen LogP contribution in [-0.4, -0.2) is 72.0 Å². The molecule has 10 heteroatoms. The molecule has 0 aromatic heterocycles. The van der Waals surface area contributed by atoms with Crippen LogP contribution in [0.5, 0.6) is 0 Å². The van der Waals surface area contributed by atoms with Crippen LogP contribution < -0.4 is 21.3 Å². The van der Waals surface area contributed by atoms with Crippen LogP contribution in [-0.2, 0) is 19.2 Å². The Balaban J connectivity index is 2.55. The zero-order valence-corrected chi connectivity index (χ0v) is 16.9. The van der Waals surface area contributed by atoms with E-state index in [4.69, 9.17) is 0 Å². The van der Waals surface area contributed by atoms with E-state index in [1.165, 1.54) is 11.8 Å². The van der Waals surface area contributed by atoms with Crippen molar-refractivity contribution in [3.05, 3.63) is 0 Å². The summed E-state index contributed by atoms with van der Waals surface area (Å²) in [5, 5.41) is 19.9. The van der Waals surface area contributed by atoms with E-state index in [0.717, 1.165) is 19.4 Å². The fourth-order valence-corrected chi connectivity index (χ4v) is 3.18. The Labute approximate surface area is 163 Å². The van der Waals surface area contributed by atoms with Crippen molar-refractivity contribution in [1.29, 1.82) is 0 Å². The number of rotatable bonds is 11. The summed E-state index contributed by atoms with van der Waals surface area (Å²) in [5.74, 6) is -2.03. The van der Waals surface area contributed by atoms with E-state index in [0.29, 0.717) is 12.2 Å². The summed E-state index contributed by atoms with van der Waals surface area (Å²) >= 11 is 1.49. The zero-order valence-electron chi connectivity index (χ0n) is 16.0. The molecule has 27 heavy (non-hydrogen) atoms. The monoisotopic (exact) mass is 402 g/mol. The molecule has 9 nitrogen and oxygen atoms in total. The van der Waals surface area contributed by atoms with Gasteiger partial charge in [-0.15, -0.1) is 0 Å². The molecule has 3 amide bonds. The van der Waals surface area contributed by atoms with Gasteiger partial charge in [-0.25, -0.2) is 4.79 Å². The third-order valence-corrected chi connectivity index (χ3v) is 4.93. The van der Waals surface area contributed by atoms with Crippen LogP contribution in [0.4, 0.5) is 0 Å². The minimum absolute atomic E-state index is 0.234. The van der Waals surface area contributed by atoms with E-state index in [1.807, 2.05) is 6.26 Å². The van der Waals surface area contributed by atoms with Gasteiger partial charge in [-0.3, -0.25) is 14.4 Å². The first-order valence-electron chi connectivity index (χ1n) is 9.08.